The van der Waals surface area contributed by atoms with Crippen LogP contribution in [0.3, 0.4) is 0 Å². The molecule has 0 bridgehead atoms. The Kier molecular flexibility index (Phi) is 5.07. The highest BCUT2D eigenvalue weighted by atomic mass is 32.2. The lowest BCUT2D eigenvalue weighted by atomic mass is 10.0. The molecule has 0 radical (unpaired) electrons. The molecule has 0 amide bonds. The molecule has 4 aromatic rings. The molecule has 0 atom stereocenters. The van der Waals surface area contributed by atoms with Crippen molar-refractivity contribution in [2.75, 3.05) is 6.26 Å². The summed E-state index contributed by atoms with van der Waals surface area (Å²) in [4.78, 5) is 0.307. The summed E-state index contributed by atoms with van der Waals surface area (Å²) in [6.07, 6.45) is 3.27. The molecule has 0 aliphatic rings. The quantitative estimate of drug-likeness (QED) is 0.473. The molecule has 4 rings (SSSR count). The topological polar surface area (TPSA) is 52.0 Å². The summed E-state index contributed by atoms with van der Waals surface area (Å²) in [5.41, 5.74) is 6.20. The van der Waals surface area contributed by atoms with Gasteiger partial charge < -0.3 is 0 Å². The standard InChI is InChI=1S/C24H22N2O2S/c1-18-8-10-20(11-9-18)23-17-26(16-19-6-4-3-5-7-19)25-24(23)21-12-14-22(15-13-21)29(2,27)28/h3-15,17H,16H2,1-2H3. The molecule has 4 nitrogen and oxygen atoms in total. The third-order valence-corrected chi connectivity index (χ3v) is 6.00. The maximum Gasteiger partial charge on any atom is 0.175 e. The molecule has 5 heteroatoms. The van der Waals surface area contributed by atoms with E-state index in [1.807, 2.05) is 35.0 Å². The van der Waals surface area contributed by atoms with E-state index in [0.29, 0.717) is 11.4 Å². The molecule has 1 aromatic heterocycles. The van der Waals surface area contributed by atoms with Crippen LogP contribution in [0.4, 0.5) is 0 Å². The summed E-state index contributed by atoms with van der Waals surface area (Å²) in [5, 5.41) is 4.83. The zero-order valence-electron chi connectivity index (χ0n) is 16.4. The molecule has 0 spiro atoms. The first-order chi connectivity index (χ1) is 13.9. The van der Waals surface area contributed by atoms with Gasteiger partial charge in [0.15, 0.2) is 9.84 Å². The SMILES string of the molecule is Cc1ccc(-c2cn(Cc3ccccc3)nc2-c2ccc(S(C)(=O)=O)cc2)cc1. The van der Waals surface area contributed by atoms with Crippen LogP contribution in [0.5, 0.6) is 0 Å². The van der Waals surface area contributed by atoms with Gasteiger partial charge in [-0.25, -0.2) is 8.42 Å². The van der Waals surface area contributed by atoms with E-state index in [1.165, 1.54) is 17.4 Å². The van der Waals surface area contributed by atoms with Crippen molar-refractivity contribution >= 4 is 9.84 Å². The summed E-state index contributed by atoms with van der Waals surface area (Å²) in [5.74, 6) is 0. The highest BCUT2D eigenvalue weighted by Crippen LogP contribution is 2.32. The van der Waals surface area contributed by atoms with Crippen LogP contribution in [-0.4, -0.2) is 24.5 Å². The van der Waals surface area contributed by atoms with Crippen LogP contribution >= 0.6 is 0 Å². The number of hydrogen-bond donors (Lipinski definition) is 0. The van der Waals surface area contributed by atoms with Gasteiger partial charge in [-0.1, -0.05) is 72.3 Å². The number of aromatic nitrogens is 2. The van der Waals surface area contributed by atoms with E-state index in [9.17, 15) is 8.42 Å². The number of aryl methyl sites for hydroxylation is 1. The van der Waals surface area contributed by atoms with Crippen LogP contribution in [0.1, 0.15) is 11.1 Å². The third-order valence-electron chi connectivity index (χ3n) is 4.87. The minimum Gasteiger partial charge on any atom is -0.267 e. The van der Waals surface area contributed by atoms with Crippen LogP contribution in [0.25, 0.3) is 22.4 Å². The third kappa shape index (κ3) is 4.30. The Balaban J connectivity index is 1.79. The van der Waals surface area contributed by atoms with E-state index in [4.69, 9.17) is 5.10 Å². The van der Waals surface area contributed by atoms with Gasteiger partial charge in [-0.15, -0.1) is 0 Å². The van der Waals surface area contributed by atoms with Gasteiger partial charge in [0.2, 0.25) is 0 Å². The molecule has 0 saturated carbocycles. The summed E-state index contributed by atoms with van der Waals surface area (Å²) < 4.78 is 25.5. The van der Waals surface area contributed by atoms with Crippen molar-refractivity contribution in [3.8, 4) is 22.4 Å². The van der Waals surface area contributed by atoms with Gasteiger partial charge in [0, 0.05) is 23.6 Å². The second-order valence-corrected chi connectivity index (χ2v) is 9.25. The first-order valence-electron chi connectivity index (χ1n) is 9.39. The maximum atomic E-state index is 11.8. The minimum absolute atomic E-state index is 0.307. The Morgan fingerprint density at radius 2 is 1.45 bits per heavy atom. The van der Waals surface area contributed by atoms with E-state index in [2.05, 4.69) is 49.5 Å². The molecule has 0 aliphatic heterocycles. The Hall–Kier alpha value is -3.18. The first-order valence-corrected chi connectivity index (χ1v) is 11.3. The van der Waals surface area contributed by atoms with Crippen molar-refractivity contribution in [3.63, 3.8) is 0 Å². The van der Waals surface area contributed by atoms with E-state index in [0.717, 1.165) is 22.4 Å². The molecule has 0 N–H and O–H groups in total. The normalized spacial score (nSPS) is 11.5. The van der Waals surface area contributed by atoms with Crippen molar-refractivity contribution in [1.29, 1.82) is 0 Å². The average molecular weight is 403 g/mol. The van der Waals surface area contributed by atoms with E-state index in [1.54, 1.807) is 12.1 Å². The number of hydrogen-bond acceptors (Lipinski definition) is 3. The summed E-state index contributed by atoms with van der Waals surface area (Å²) in [7, 11) is -3.23. The van der Waals surface area contributed by atoms with E-state index >= 15 is 0 Å². The second-order valence-electron chi connectivity index (χ2n) is 7.24. The van der Waals surface area contributed by atoms with Gasteiger partial charge >= 0.3 is 0 Å². The predicted molar refractivity (Wildman–Crippen MR) is 116 cm³/mol. The maximum absolute atomic E-state index is 11.8. The van der Waals surface area contributed by atoms with E-state index in [-0.39, 0.29) is 0 Å². The van der Waals surface area contributed by atoms with Crippen LogP contribution in [0.15, 0.2) is 90.0 Å². The molecule has 29 heavy (non-hydrogen) atoms. The lowest BCUT2D eigenvalue weighted by Gasteiger charge is -2.05. The fourth-order valence-electron chi connectivity index (χ4n) is 3.29. The Bertz CT molecular complexity index is 1220. The van der Waals surface area contributed by atoms with Crippen molar-refractivity contribution < 1.29 is 8.42 Å². The summed E-state index contributed by atoms with van der Waals surface area (Å²) >= 11 is 0. The minimum atomic E-state index is -3.23. The van der Waals surface area contributed by atoms with Gasteiger partial charge in [0.05, 0.1) is 11.4 Å². The Morgan fingerprint density at radius 3 is 2.07 bits per heavy atom. The largest absolute Gasteiger partial charge is 0.267 e. The monoisotopic (exact) mass is 402 g/mol. The number of rotatable bonds is 5. The highest BCUT2D eigenvalue weighted by Gasteiger charge is 2.15. The van der Waals surface area contributed by atoms with Gasteiger partial charge in [-0.2, -0.15) is 5.10 Å². The van der Waals surface area contributed by atoms with Crippen molar-refractivity contribution in [1.82, 2.24) is 9.78 Å². The van der Waals surface area contributed by atoms with Crippen molar-refractivity contribution in [2.45, 2.75) is 18.4 Å². The molecule has 1 heterocycles. The first kappa shape index (κ1) is 19.2. The fourth-order valence-corrected chi connectivity index (χ4v) is 3.92. The van der Waals surface area contributed by atoms with Gasteiger partial charge in [-0.05, 0) is 30.2 Å². The van der Waals surface area contributed by atoms with Crippen LogP contribution in [0.2, 0.25) is 0 Å². The number of benzene rings is 3. The Morgan fingerprint density at radius 1 is 0.828 bits per heavy atom. The molecule has 0 fully saturated rings. The van der Waals surface area contributed by atoms with Gasteiger partial charge in [0.1, 0.15) is 5.69 Å². The van der Waals surface area contributed by atoms with Gasteiger partial charge in [0.25, 0.3) is 0 Å². The molecular weight excluding hydrogens is 380 g/mol. The average Bonchev–Trinajstić information content (AvgIpc) is 3.12. The molecule has 3 aromatic carbocycles. The van der Waals surface area contributed by atoms with Crippen molar-refractivity contribution in [3.05, 3.63) is 96.2 Å². The van der Waals surface area contributed by atoms with Crippen molar-refractivity contribution in [2.24, 2.45) is 0 Å². The van der Waals surface area contributed by atoms with Crippen LogP contribution in [-0.2, 0) is 16.4 Å². The molecule has 0 saturated heterocycles. The molecule has 0 unspecified atom stereocenters. The fraction of sp³-hybridized carbons (Fsp3) is 0.125. The highest BCUT2D eigenvalue weighted by molar-refractivity contribution is 7.90. The lowest BCUT2D eigenvalue weighted by molar-refractivity contribution is 0.602. The Labute approximate surface area is 171 Å². The molecule has 146 valence electrons. The zero-order valence-corrected chi connectivity index (χ0v) is 17.2. The number of sulfone groups is 1. The number of nitrogens with zero attached hydrogens (tertiary/aromatic N) is 2. The zero-order chi connectivity index (χ0) is 20.4. The lowest BCUT2D eigenvalue weighted by Crippen LogP contribution is -2.00. The van der Waals surface area contributed by atoms with E-state index < -0.39 is 9.84 Å². The summed E-state index contributed by atoms with van der Waals surface area (Å²) in [6, 6.07) is 25.5. The predicted octanol–water partition coefficient (Wildman–Crippen LogP) is 4.98. The smallest absolute Gasteiger partial charge is 0.175 e. The van der Waals surface area contributed by atoms with Crippen LogP contribution in [0, 0.1) is 6.92 Å². The summed E-state index contributed by atoms with van der Waals surface area (Å²) in [6.45, 7) is 2.73. The molecule has 0 aliphatic carbocycles. The second kappa shape index (κ2) is 7.68. The molecular formula is C24H22N2O2S. The van der Waals surface area contributed by atoms with Crippen LogP contribution < -0.4 is 0 Å². The van der Waals surface area contributed by atoms with Gasteiger partial charge in [-0.3, -0.25) is 4.68 Å².